The van der Waals surface area contributed by atoms with E-state index >= 15 is 0 Å². The molecule has 3 aromatic carbocycles. The lowest BCUT2D eigenvalue weighted by atomic mass is 9.91. The quantitative estimate of drug-likeness (QED) is 0.332. The van der Waals surface area contributed by atoms with Crippen LogP contribution in [0, 0.1) is 11.3 Å². The fraction of sp³-hybridized carbons (Fsp3) is 0.250. The van der Waals surface area contributed by atoms with E-state index in [4.69, 9.17) is 9.94 Å². The highest BCUT2D eigenvalue weighted by atomic mass is 16.5. The lowest BCUT2D eigenvalue weighted by Crippen LogP contribution is -2.30. The molecule has 30 heavy (non-hydrogen) atoms. The number of ether oxygens (including phenoxy) is 1. The van der Waals surface area contributed by atoms with Crippen LogP contribution in [0.5, 0.6) is 5.75 Å². The van der Waals surface area contributed by atoms with Crippen LogP contribution in [0.1, 0.15) is 23.1 Å². The second-order valence-electron chi connectivity index (χ2n) is 7.88. The van der Waals surface area contributed by atoms with Gasteiger partial charge in [-0.25, -0.2) is 5.48 Å². The Morgan fingerprint density at radius 1 is 1.07 bits per heavy atom. The van der Waals surface area contributed by atoms with Crippen molar-refractivity contribution in [2.24, 2.45) is 11.3 Å². The molecule has 1 amide bonds. The van der Waals surface area contributed by atoms with E-state index in [9.17, 15) is 14.7 Å². The van der Waals surface area contributed by atoms with Gasteiger partial charge in [-0.05, 0) is 46.4 Å². The van der Waals surface area contributed by atoms with E-state index in [0.717, 1.165) is 27.5 Å². The molecule has 1 unspecified atom stereocenters. The van der Waals surface area contributed by atoms with Gasteiger partial charge in [0.1, 0.15) is 5.75 Å². The summed E-state index contributed by atoms with van der Waals surface area (Å²) < 4.78 is 4.92. The Bertz CT molecular complexity index is 1130. The third-order valence-corrected chi connectivity index (χ3v) is 5.97. The first-order valence-corrected chi connectivity index (χ1v) is 9.77. The van der Waals surface area contributed by atoms with Gasteiger partial charge in [0.15, 0.2) is 0 Å². The number of hydroxylamine groups is 1. The molecule has 0 spiro atoms. The monoisotopic (exact) mass is 405 g/mol. The molecule has 0 aliphatic heterocycles. The van der Waals surface area contributed by atoms with Crippen LogP contribution in [-0.4, -0.2) is 29.3 Å². The number of fused-ring (bicyclic) bond motifs is 1. The molecular formula is C24H23NO5. The van der Waals surface area contributed by atoms with Crippen LogP contribution in [0.15, 0.2) is 60.7 Å². The summed E-state index contributed by atoms with van der Waals surface area (Å²) in [4.78, 5) is 24.2. The number of methoxy groups -OCH3 is 1. The normalized spacial score (nSPS) is 20.0. The Morgan fingerprint density at radius 2 is 1.80 bits per heavy atom. The summed E-state index contributed by atoms with van der Waals surface area (Å²) >= 11 is 0. The zero-order chi connectivity index (χ0) is 21.3. The molecule has 1 aliphatic rings. The second kappa shape index (κ2) is 7.80. The molecule has 0 heterocycles. The van der Waals surface area contributed by atoms with Crippen LogP contribution in [0.4, 0.5) is 0 Å². The maximum atomic E-state index is 12.4. The lowest BCUT2D eigenvalue weighted by molar-refractivity contribution is -0.149. The highest BCUT2D eigenvalue weighted by Gasteiger charge is 2.64. The van der Waals surface area contributed by atoms with Crippen molar-refractivity contribution in [3.8, 4) is 5.75 Å². The van der Waals surface area contributed by atoms with E-state index in [2.05, 4.69) is 24.3 Å². The zero-order valence-corrected chi connectivity index (χ0v) is 16.6. The third-order valence-electron chi connectivity index (χ3n) is 5.97. The van der Waals surface area contributed by atoms with Gasteiger partial charge in [-0.2, -0.15) is 0 Å². The van der Waals surface area contributed by atoms with Crippen LogP contribution in [0.25, 0.3) is 10.8 Å². The van der Waals surface area contributed by atoms with Crippen molar-refractivity contribution < 1.29 is 24.6 Å². The van der Waals surface area contributed by atoms with Crippen LogP contribution >= 0.6 is 0 Å². The Hall–Kier alpha value is -3.38. The number of carbonyl (C=O) groups is 2. The molecule has 1 saturated carbocycles. The Morgan fingerprint density at radius 3 is 2.53 bits per heavy atom. The average Bonchev–Trinajstić information content (AvgIpc) is 3.50. The first kappa shape index (κ1) is 19.9. The Kier molecular flexibility index (Phi) is 5.18. The molecule has 6 heteroatoms. The zero-order valence-electron chi connectivity index (χ0n) is 16.6. The van der Waals surface area contributed by atoms with Gasteiger partial charge in [-0.15, -0.1) is 0 Å². The molecule has 0 bridgehead atoms. The van der Waals surface area contributed by atoms with Crippen molar-refractivity contribution in [1.82, 2.24) is 5.48 Å². The molecule has 3 aromatic rings. The summed E-state index contributed by atoms with van der Waals surface area (Å²) in [6, 6.07) is 19.5. The second-order valence-corrected chi connectivity index (χ2v) is 7.88. The predicted molar refractivity (Wildman–Crippen MR) is 111 cm³/mol. The number of amides is 1. The Labute approximate surface area is 174 Å². The number of esters is 1. The van der Waals surface area contributed by atoms with Crippen molar-refractivity contribution in [3.05, 3.63) is 77.4 Å². The maximum absolute atomic E-state index is 12.4. The molecule has 1 fully saturated rings. The highest BCUT2D eigenvalue weighted by Crippen LogP contribution is 2.56. The minimum Gasteiger partial charge on any atom is -0.508 e. The number of carbonyl (C=O) groups excluding carboxylic acids is 2. The van der Waals surface area contributed by atoms with Gasteiger partial charge in [0.2, 0.25) is 5.91 Å². The summed E-state index contributed by atoms with van der Waals surface area (Å²) in [5, 5.41) is 21.6. The van der Waals surface area contributed by atoms with E-state index in [1.807, 2.05) is 24.3 Å². The standard InChI is InChI=1S/C24H23NO5/c1-30-23(28)24(14-20(24)22(27)25-29)13-16-7-9-21(26)19(12-16)11-15-6-8-17-4-2-3-5-18(17)10-15/h2-10,12,20,26,29H,11,13-14H2,1H3,(H,25,27)/t20?,24-/m0/s1. The number of aromatic hydroxyl groups is 1. The molecule has 0 saturated heterocycles. The maximum Gasteiger partial charge on any atom is 0.312 e. The SMILES string of the molecule is COC(=O)[C@@]1(Cc2ccc(O)c(Cc3ccc4ccccc4c3)c2)CC1C(=O)NO. The van der Waals surface area contributed by atoms with Gasteiger partial charge in [0.25, 0.3) is 0 Å². The van der Waals surface area contributed by atoms with E-state index in [-0.39, 0.29) is 5.75 Å². The minimum atomic E-state index is -0.987. The van der Waals surface area contributed by atoms with Crippen LogP contribution in [0.2, 0.25) is 0 Å². The van der Waals surface area contributed by atoms with E-state index < -0.39 is 23.2 Å². The topological polar surface area (TPSA) is 95.9 Å². The van der Waals surface area contributed by atoms with Gasteiger partial charge in [0, 0.05) is 6.42 Å². The molecule has 0 aromatic heterocycles. The highest BCUT2D eigenvalue weighted by molar-refractivity contribution is 5.93. The van der Waals surface area contributed by atoms with Crippen molar-refractivity contribution in [2.75, 3.05) is 7.11 Å². The number of rotatable bonds is 6. The number of phenols is 1. The number of nitrogens with one attached hydrogen (secondary N) is 1. The number of benzene rings is 3. The van der Waals surface area contributed by atoms with E-state index in [1.165, 1.54) is 7.11 Å². The Balaban J connectivity index is 1.59. The molecule has 154 valence electrons. The largest absolute Gasteiger partial charge is 0.508 e. The predicted octanol–water partition coefficient (Wildman–Crippen LogP) is 3.36. The number of hydrogen-bond acceptors (Lipinski definition) is 5. The van der Waals surface area contributed by atoms with Crippen LogP contribution in [0.3, 0.4) is 0 Å². The molecular weight excluding hydrogens is 382 g/mol. The van der Waals surface area contributed by atoms with Gasteiger partial charge < -0.3 is 9.84 Å². The summed E-state index contributed by atoms with van der Waals surface area (Å²) in [5.74, 6) is -1.51. The van der Waals surface area contributed by atoms with Crippen LogP contribution < -0.4 is 5.48 Å². The summed E-state index contributed by atoms with van der Waals surface area (Å²) in [6.07, 6.45) is 1.14. The first-order valence-electron chi connectivity index (χ1n) is 9.77. The smallest absolute Gasteiger partial charge is 0.312 e. The fourth-order valence-electron chi connectivity index (χ4n) is 4.25. The molecule has 2 atom stereocenters. The van der Waals surface area contributed by atoms with Gasteiger partial charge in [-0.1, -0.05) is 54.6 Å². The van der Waals surface area contributed by atoms with Gasteiger partial charge in [0.05, 0.1) is 18.4 Å². The van der Waals surface area contributed by atoms with Gasteiger partial charge >= 0.3 is 5.97 Å². The van der Waals surface area contributed by atoms with Crippen LogP contribution in [-0.2, 0) is 27.2 Å². The summed E-state index contributed by atoms with van der Waals surface area (Å²) in [6.45, 7) is 0. The molecule has 0 radical (unpaired) electrons. The number of phenolic OH excluding ortho intramolecular Hbond substituents is 1. The first-order chi connectivity index (χ1) is 14.5. The van der Waals surface area contributed by atoms with E-state index in [0.29, 0.717) is 19.3 Å². The molecule has 6 nitrogen and oxygen atoms in total. The molecule has 3 N–H and O–H groups in total. The van der Waals surface area contributed by atoms with Gasteiger partial charge in [-0.3, -0.25) is 14.8 Å². The van der Waals surface area contributed by atoms with E-state index in [1.54, 1.807) is 17.6 Å². The summed E-state index contributed by atoms with van der Waals surface area (Å²) in [7, 11) is 1.29. The number of hydrogen-bond donors (Lipinski definition) is 3. The van der Waals surface area contributed by atoms with Crippen molar-refractivity contribution in [3.63, 3.8) is 0 Å². The minimum absolute atomic E-state index is 0.180. The fourth-order valence-corrected chi connectivity index (χ4v) is 4.25. The lowest BCUT2D eigenvalue weighted by Gasteiger charge is -2.16. The van der Waals surface area contributed by atoms with Crippen molar-refractivity contribution in [2.45, 2.75) is 19.3 Å². The average molecular weight is 405 g/mol. The van der Waals surface area contributed by atoms with Crippen molar-refractivity contribution >= 4 is 22.6 Å². The summed E-state index contributed by atoms with van der Waals surface area (Å²) in [5.41, 5.74) is 3.27. The molecule has 4 rings (SSSR count). The molecule has 1 aliphatic carbocycles. The third kappa shape index (κ3) is 3.62. The van der Waals surface area contributed by atoms with Crippen molar-refractivity contribution in [1.29, 1.82) is 0 Å².